The second kappa shape index (κ2) is 6.31. The summed E-state index contributed by atoms with van der Waals surface area (Å²) in [6, 6.07) is 7.28. The highest BCUT2D eigenvalue weighted by Crippen LogP contribution is 2.34. The molecule has 2 aromatic rings. The molecule has 3 rings (SSSR count). The molecule has 1 aliphatic heterocycles. The van der Waals surface area contributed by atoms with Crippen LogP contribution in [0.15, 0.2) is 18.2 Å². The number of aryl methyl sites for hydroxylation is 1. The Morgan fingerprint density at radius 1 is 1.35 bits per heavy atom. The first-order valence-corrected chi connectivity index (χ1v) is 8.19. The SMILES string of the molecule is CCc1c(C)sc(NC(=O)c2ccc3c(c2)OCCO3)c1C#N. The molecule has 1 N–H and O–H groups in total. The fourth-order valence-corrected chi connectivity index (χ4v) is 3.66. The Bertz CT molecular complexity index is 805. The molecule has 23 heavy (non-hydrogen) atoms. The third-order valence-corrected chi connectivity index (χ3v) is 4.77. The maximum absolute atomic E-state index is 12.5. The maximum atomic E-state index is 12.5. The van der Waals surface area contributed by atoms with Crippen LogP contribution in [-0.2, 0) is 6.42 Å². The number of benzene rings is 1. The third-order valence-electron chi connectivity index (χ3n) is 3.71. The van der Waals surface area contributed by atoms with Gasteiger partial charge < -0.3 is 14.8 Å². The van der Waals surface area contributed by atoms with Gasteiger partial charge in [-0.25, -0.2) is 0 Å². The van der Waals surface area contributed by atoms with Gasteiger partial charge in [0.05, 0.1) is 5.56 Å². The molecule has 0 saturated heterocycles. The average Bonchev–Trinajstić information content (AvgIpc) is 2.88. The number of amides is 1. The first kappa shape index (κ1) is 15.4. The van der Waals surface area contributed by atoms with E-state index in [1.165, 1.54) is 11.3 Å². The van der Waals surface area contributed by atoms with Crippen LogP contribution < -0.4 is 14.8 Å². The van der Waals surface area contributed by atoms with Gasteiger partial charge in [-0.15, -0.1) is 11.3 Å². The number of thiophene rings is 1. The van der Waals surface area contributed by atoms with Gasteiger partial charge in [0.1, 0.15) is 24.3 Å². The van der Waals surface area contributed by atoms with E-state index < -0.39 is 0 Å². The van der Waals surface area contributed by atoms with Gasteiger partial charge in [0.2, 0.25) is 0 Å². The van der Waals surface area contributed by atoms with Gasteiger partial charge in [0.25, 0.3) is 5.91 Å². The Kier molecular flexibility index (Phi) is 4.22. The van der Waals surface area contributed by atoms with E-state index in [2.05, 4.69) is 11.4 Å². The van der Waals surface area contributed by atoms with E-state index in [-0.39, 0.29) is 5.91 Å². The summed E-state index contributed by atoms with van der Waals surface area (Å²) in [5.74, 6) is 0.953. The molecule has 0 aliphatic carbocycles. The number of nitrogens with one attached hydrogen (secondary N) is 1. The van der Waals surface area contributed by atoms with Crippen molar-refractivity contribution in [1.29, 1.82) is 5.26 Å². The number of nitriles is 1. The summed E-state index contributed by atoms with van der Waals surface area (Å²) < 4.78 is 10.9. The zero-order valence-corrected chi connectivity index (χ0v) is 13.8. The summed E-state index contributed by atoms with van der Waals surface area (Å²) in [6.45, 7) is 4.95. The minimum absolute atomic E-state index is 0.262. The lowest BCUT2D eigenvalue weighted by Crippen LogP contribution is -2.17. The summed E-state index contributed by atoms with van der Waals surface area (Å²) in [5, 5.41) is 12.8. The van der Waals surface area contributed by atoms with E-state index in [9.17, 15) is 10.1 Å². The molecule has 5 nitrogen and oxygen atoms in total. The third kappa shape index (κ3) is 2.88. The quantitative estimate of drug-likeness (QED) is 0.936. The van der Waals surface area contributed by atoms with E-state index in [0.717, 1.165) is 16.9 Å². The predicted molar refractivity (Wildman–Crippen MR) is 88.5 cm³/mol. The molecule has 0 unspecified atom stereocenters. The Labute approximate surface area is 138 Å². The topological polar surface area (TPSA) is 71.3 Å². The van der Waals surface area contributed by atoms with Crippen molar-refractivity contribution in [3.63, 3.8) is 0 Å². The molecular weight excluding hydrogens is 312 g/mol. The minimum atomic E-state index is -0.262. The Hall–Kier alpha value is -2.52. The number of fused-ring (bicyclic) bond motifs is 1. The maximum Gasteiger partial charge on any atom is 0.256 e. The summed E-state index contributed by atoms with van der Waals surface area (Å²) in [6.07, 6.45) is 0.769. The highest BCUT2D eigenvalue weighted by molar-refractivity contribution is 7.16. The molecule has 2 heterocycles. The summed E-state index contributed by atoms with van der Waals surface area (Å²) in [5.41, 5.74) is 2.03. The van der Waals surface area contributed by atoms with E-state index in [1.807, 2.05) is 13.8 Å². The lowest BCUT2D eigenvalue weighted by molar-refractivity contribution is 0.102. The summed E-state index contributed by atoms with van der Waals surface area (Å²) in [4.78, 5) is 13.5. The highest BCUT2D eigenvalue weighted by Gasteiger charge is 2.19. The van der Waals surface area contributed by atoms with Crippen molar-refractivity contribution >= 4 is 22.2 Å². The van der Waals surface area contributed by atoms with Gasteiger partial charge in [-0.05, 0) is 37.1 Å². The van der Waals surface area contributed by atoms with Gasteiger partial charge in [-0.3, -0.25) is 4.79 Å². The molecule has 1 amide bonds. The molecule has 0 atom stereocenters. The van der Waals surface area contributed by atoms with Crippen LogP contribution >= 0.6 is 11.3 Å². The van der Waals surface area contributed by atoms with Crippen molar-refractivity contribution in [3.8, 4) is 17.6 Å². The largest absolute Gasteiger partial charge is 0.486 e. The first-order valence-electron chi connectivity index (χ1n) is 7.37. The van der Waals surface area contributed by atoms with Crippen LogP contribution in [0.25, 0.3) is 0 Å². The Morgan fingerprint density at radius 3 is 2.78 bits per heavy atom. The molecule has 6 heteroatoms. The van der Waals surface area contributed by atoms with Crippen LogP contribution in [0, 0.1) is 18.3 Å². The van der Waals surface area contributed by atoms with Crippen LogP contribution in [0.1, 0.15) is 33.3 Å². The molecule has 1 aliphatic rings. The summed E-state index contributed by atoms with van der Waals surface area (Å²) in [7, 11) is 0. The number of hydrogen-bond donors (Lipinski definition) is 1. The zero-order valence-electron chi connectivity index (χ0n) is 12.9. The van der Waals surface area contributed by atoms with Gasteiger partial charge in [-0.2, -0.15) is 5.26 Å². The number of carbonyl (C=O) groups excluding carboxylic acids is 1. The van der Waals surface area contributed by atoms with Crippen LogP contribution in [0.5, 0.6) is 11.5 Å². The van der Waals surface area contributed by atoms with E-state index in [4.69, 9.17) is 9.47 Å². The number of anilines is 1. The normalized spacial score (nSPS) is 12.6. The van der Waals surface area contributed by atoms with E-state index in [0.29, 0.717) is 40.8 Å². The molecule has 1 aromatic carbocycles. The van der Waals surface area contributed by atoms with Gasteiger partial charge >= 0.3 is 0 Å². The van der Waals surface area contributed by atoms with Crippen molar-refractivity contribution in [2.75, 3.05) is 18.5 Å². The standard InChI is InChI=1S/C17H16N2O3S/c1-3-12-10(2)23-17(13(12)9-18)19-16(20)11-4-5-14-15(8-11)22-7-6-21-14/h4-5,8H,3,6-7H2,1-2H3,(H,19,20). The fraction of sp³-hybridized carbons (Fsp3) is 0.294. The van der Waals surface area contributed by atoms with Crippen LogP contribution in [0.2, 0.25) is 0 Å². The Morgan fingerprint density at radius 2 is 2.09 bits per heavy atom. The number of carbonyl (C=O) groups is 1. The van der Waals surface area contributed by atoms with Crippen LogP contribution in [0.3, 0.4) is 0 Å². The number of nitrogens with zero attached hydrogens (tertiary/aromatic N) is 1. The van der Waals surface area contributed by atoms with Crippen molar-refractivity contribution < 1.29 is 14.3 Å². The van der Waals surface area contributed by atoms with E-state index >= 15 is 0 Å². The van der Waals surface area contributed by atoms with Gasteiger partial charge in [0.15, 0.2) is 11.5 Å². The van der Waals surface area contributed by atoms with Crippen molar-refractivity contribution in [1.82, 2.24) is 0 Å². The molecular formula is C17H16N2O3S. The highest BCUT2D eigenvalue weighted by atomic mass is 32.1. The second-order valence-electron chi connectivity index (χ2n) is 5.12. The van der Waals surface area contributed by atoms with Crippen molar-refractivity contribution in [2.45, 2.75) is 20.3 Å². The van der Waals surface area contributed by atoms with Gasteiger partial charge in [0, 0.05) is 10.4 Å². The smallest absolute Gasteiger partial charge is 0.256 e. The fourth-order valence-electron chi connectivity index (χ4n) is 2.57. The molecule has 0 radical (unpaired) electrons. The monoisotopic (exact) mass is 328 g/mol. The number of rotatable bonds is 3. The average molecular weight is 328 g/mol. The molecule has 1 aromatic heterocycles. The first-order chi connectivity index (χ1) is 11.1. The molecule has 0 spiro atoms. The second-order valence-corrected chi connectivity index (χ2v) is 6.34. The lowest BCUT2D eigenvalue weighted by Gasteiger charge is -2.18. The van der Waals surface area contributed by atoms with Gasteiger partial charge in [-0.1, -0.05) is 6.92 Å². The van der Waals surface area contributed by atoms with Crippen LogP contribution in [-0.4, -0.2) is 19.1 Å². The van der Waals surface area contributed by atoms with E-state index in [1.54, 1.807) is 18.2 Å². The summed E-state index contributed by atoms with van der Waals surface area (Å²) >= 11 is 1.43. The van der Waals surface area contributed by atoms with Crippen molar-refractivity contribution in [3.05, 3.63) is 39.8 Å². The lowest BCUT2D eigenvalue weighted by atomic mass is 10.1. The minimum Gasteiger partial charge on any atom is -0.486 e. The molecule has 0 bridgehead atoms. The van der Waals surface area contributed by atoms with Crippen LogP contribution in [0.4, 0.5) is 5.00 Å². The number of hydrogen-bond acceptors (Lipinski definition) is 5. The number of ether oxygens (including phenoxy) is 2. The molecule has 118 valence electrons. The predicted octanol–water partition coefficient (Wildman–Crippen LogP) is 3.51. The zero-order chi connectivity index (χ0) is 16.4. The molecule has 0 saturated carbocycles. The molecule has 0 fully saturated rings. The van der Waals surface area contributed by atoms with Crippen molar-refractivity contribution in [2.24, 2.45) is 0 Å². The Balaban J connectivity index is 1.87.